The number of hydrogen-bond donors (Lipinski definition) is 2. The van der Waals surface area contributed by atoms with Crippen LogP contribution >= 0.6 is 0 Å². The van der Waals surface area contributed by atoms with Gasteiger partial charge in [-0.25, -0.2) is 0 Å². The number of nitrogens with zero attached hydrogens (tertiary/aromatic N) is 2. The molecule has 1 fully saturated rings. The van der Waals surface area contributed by atoms with Crippen LogP contribution in [-0.2, 0) is 4.79 Å². The van der Waals surface area contributed by atoms with Gasteiger partial charge in [0.2, 0.25) is 5.91 Å². The van der Waals surface area contributed by atoms with Crippen LogP contribution < -0.4 is 15.5 Å². The minimum atomic E-state index is -0.0498. The number of para-hydroxylation sites is 1. The second-order valence-corrected chi connectivity index (χ2v) is 6.10. The molecule has 1 aliphatic heterocycles. The molecule has 126 valence electrons. The summed E-state index contributed by atoms with van der Waals surface area (Å²) in [5, 5.41) is 6.03. The van der Waals surface area contributed by atoms with Crippen molar-refractivity contribution >= 4 is 23.0 Å². The van der Waals surface area contributed by atoms with Crippen LogP contribution in [0.15, 0.2) is 54.6 Å². The molecule has 0 unspecified atom stereocenters. The molecular weight excluding hydrogens is 300 g/mol. The summed E-state index contributed by atoms with van der Waals surface area (Å²) in [7, 11) is 2.15. The molecule has 0 spiro atoms. The lowest BCUT2D eigenvalue weighted by Crippen LogP contribution is -2.44. The molecule has 1 aliphatic rings. The van der Waals surface area contributed by atoms with Crippen molar-refractivity contribution in [2.24, 2.45) is 0 Å². The first-order chi connectivity index (χ1) is 11.7. The molecule has 0 bridgehead atoms. The molecule has 0 aromatic heterocycles. The van der Waals surface area contributed by atoms with E-state index in [-0.39, 0.29) is 12.5 Å². The van der Waals surface area contributed by atoms with Crippen molar-refractivity contribution in [1.29, 1.82) is 0 Å². The maximum atomic E-state index is 12.0. The fourth-order valence-corrected chi connectivity index (χ4v) is 2.76. The lowest BCUT2D eigenvalue weighted by atomic mass is 10.2. The first-order valence-electron chi connectivity index (χ1n) is 8.33. The molecule has 3 rings (SSSR count). The Morgan fingerprint density at radius 3 is 2.25 bits per heavy atom. The van der Waals surface area contributed by atoms with Crippen LogP contribution in [0, 0.1) is 0 Å². The lowest BCUT2D eigenvalue weighted by Gasteiger charge is -2.34. The Hall–Kier alpha value is -2.53. The zero-order chi connectivity index (χ0) is 16.8. The van der Waals surface area contributed by atoms with Gasteiger partial charge in [-0.15, -0.1) is 0 Å². The van der Waals surface area contributed by atoms with Crippen LogP contribution in [0.25, 0.3) is 0 Å². The monoisotopic (exact) mass is 324 g/mol. The second-order valence-electron chi connectivity index (χ2n) is 6.10. The Morgan fingerprint density at radius 1 is 0.917 bits per heavy atom. The van der Waals surface area contributed by atoms with Crippen molar-refractivity contribution in [2.75, 3.05) is 55.3 Å². The Morgan fingerprint density at radius 2 is 1.58 bits per heavy atom. The highest BCUT2D eigenvalue weighted by atomic mass is 16.1. The van der Waals surface area contributed by atoms with Gasteiger partial charge in [-0.3, -0.25) is 4.79 Å². The number of anilines is 3. The second kappa shape index (κ2) is 7.84. The summed E-state index contributed by atoms with van der Waals surface area (Å²) in [6, 6.07) is 17.8. The van der Waals surface area contributed by atoms with E-state index in [0.29, 0.717) is 0 Å². The van der Waals surface area contributed by atoms with Gasteiger partial charge in [0, 0.05) is 43.2 Å². The summed E-state index contributed by atoms with van der Waals surface area (Å²) in [6.07, 6.45) is 0. The zero-order valence-corrected chi connectivity index (χ0v) is 14.0. The van der Waals surface area contributed by atoms with Crippen LogP contribution in [0.2, 0.25) is 0 Å². The summed E-state index contributed by atoms with van der Waals surface area (Å²) in [5.41, 5.74) is 2.98. The van der Waals surface area contributed by atoms with Crippen LogP contribution in [0.4, 0.5) is 17.1 Å². The topological polar surface area (TPSA) is 47.6 Å². The van der Waals surface area contributed by atoms with E-state index in [0.717, 1.165) is 37.6 Å². The normalized spacial score (nSPS) is 15.1. The number of carbonyl (C=O) groups excluding carboxylic acids is 1. The Labute approximate surface area is 143 Å². The predicted molar refractivity (Wildman–Crippen MR) is 99.7 cm³/mol. The SMILES string of the molecule is CN1CCN(c2ccc(NC(=O)CNc3ccccc3)cc2)CC1. The number of amides is 1. The van der Waals surface area contributed by atoms with Gasteiger partial charge in [0.15, 0.2) is 0 Å². The Kier molecular flexibility index (Phi) is 5.33. The number of benzene rings is 2. The van der Waals surface area contributed by atoms with Crippen LogP contribution in [0.5, 0.6) is 0 Å². The molecule has 2 aromatic rings. The number of carbonyl (C=O) groups is 1. The third-order valence-corrected chi connectivity index (χ3v) is 4.25. The molecule has 2 N–H and O–H groups in total. The fourth-order valence-electron chi connectivity index (χ4n) is 2.76. The number of piperazine rings is 1. The third kappa shape index (κ3) is 4.49. The van der Waals surface area contributed by atoms with E-state index in [2.05, 4.69) is 39.6 Å². The van der Waals surface area contributed by atoms with E-state index in [1.807, 2.05) is 42.5 Å². The lowest BCUT2D eigenvalue weighted by molar-refractivity contribution is -0.114. The number of rotatable bonds is 5. The van der Waals surface area contributed by atoms with Crippen molar-refractivity contribution in [3.05, 3.63) is 54.6 Å². The highest BCUT2D eigenvalue weighted by Crippen LogP contribution is 2.19. The molecule has 2 aromatic carbocycles. The summed E-state index contributed by atoms with van der Waals surface area (Å²) in [5.74, 6) is -0.0498. The van der Waals surface area contributed by atoms with Crippen molar-refractivity contribution < 1.29 is 4.79 Å². The largest absolute Gasteiger partial charge is 0.376 e. The van der Waals surface area contributed by atoms with Gasteiger partial charge in [-0.05, 0) is 43.4 Å². The molecule has 1 saturated heterocycles. The highest BCUT2D eigenvalue weighted by molar-refractivity contribution is 5.93. The van der Waals surface area contributed by atoms with E-state index in [9.17, 15) is 4.79 Å². The number of likely N-dealkylation sites (N-methyl/N-ethyl adjacent to an activating group) is 1. The maximum absolute atomic E-state index is 12.0. The smallest absolute Gasteiger partial charge is 0.243 e. The number of hydrogen-bond acceptors (Lipinski definition) is 4. The van der Waals surface area contributed by atoms with Crippen molar-refractivity contribution in [1.82, 2.24) is 4.90 Å². The number of nitrogens with one attached hydrogen (secondary N) is 2. The van der Waals surface area contributed by atoms with Crippen LogP contribution in [0.3, 0.4) is 0 Å². The summed E-state index contributed by atoms with van der Waals surface area (Å²) in [4.78, 5) is 16.7. The first-order valence-corrected chi connectivity index (χ1v) is 8.33. The summed E-state index contributed by atoms with van der Waals surface area (Å²) in [6.45, 7) is 4.52. The van der Waals surface area contributed by atoms with Gasteiger partial charge < -0.3 is 20.4 Å². The minimum absolute atomic E-state index is 0.0498. The fraction of sp³-hybridized carbons (Fsp3) is 0.316. The average Bonchev–Trinajstić information content (AvgIpc) is 2.62. The molecule has 1 amide bonds. The van der Waals surface area contributed by atoms with Crippen molar-refractivity contribution in [3.63, 3.8) is 0 Å². The summed E-state index contributed by atoms with van der Waals surface area (Å²) < 4.78 is 0. The molecule has 24 heavy (non-hydrogen) atoms. The van der Waals surface area contributed by atoms with Crippen molar-refractivity contribution in [2.45, 2.75) is 0 Å². The summed E-state index contributed by atoms with van der Waals surface area (Å²) >= 11 is 0. The Bertz CT molecular complexity index is 649. The van der Waals surface area contributed by atoms with Gasteiger partial charge in [-0.2, -0.15) is 0 Å². The molecule has 0 atom stereocenters. The van der Waals surface area contributed by atoms with Crippen molar-refractivity contribution in [3.8, 4) is 0 Å². The molecule has 0 aliphatic carbocycles. The molecule has 5 nitrogen and oxygen atoms in total. The zero-order valence-electron chi connectivity index (χ0n) is 14.0. The van der Waals surface area contributed by atoms with Gasteiger partial charge >= 0.3 is 0 Å². The standard InChI is InChI=1S/C19H24N4O/c1-22-11-13-23(14-12-22)18-9-7-17(8-10-18)21-19(24)15-20-16-5-3-2-4-6-16/h2-10,20H,11-15H2,1H3,(H,21,24). The molecule has 5 heteroatoms. The first kappa shape index (κ1) is 16.3. The molecule has 0 radical (unpaired) electrons. The molecular formula is C19H24N4O. The predicted octanol–water partition coefficient (Wildman–Crippen LogP) is 2.49. The van der Waals surface area contributed by atoms with E-state index in [4.69, 9.17) is 0 Å². The third-order valence-electron chi connectivity index (χ3n) is 4.25. The van der Waals surface area contributed by atoms with E-state index in [1.165, 1.54) is 5.69 Å². The van der Waals surface area contributed by atoms with E-state index < -0.39 is 0 Å². The highest BCUT2D eigenvalue weighted by Gasteiger charge is 2.14. The van der Waals surface area contributed by atoms with Gasteiger partial charge in [-0.1, -0.05) is 18.2 Å². The molecule has 1 heterocycles. The van der Waals surface area contributed by atoms with Crippen LogP contribution in [0.1, 0.15) is 0 Å². The van der Waals surface area contributed by atoms with E-state index in [1.54, 1.807) is 0 Å². The maximum Gasteiger partial charge on any atom is 0.243 e. The van der Waals surface area contributed by atoms with Gasteiger partial charge in [0.05, 0.1) is 6.54 Å². The average molecular weight is 324 g/mol. The van der Waals surface area contributed by atoms with Gasteiger partial charge in [0.1, 0.15) is 0 Å². The minimum Gasteiger partial charge on any atom is -0.376 e. The van der Waals surface area contributed by atoms with Gasteiger partial charge in [0.25, 0.3) is 0 Å². The van der Waals surface area contributed by atoms with E-state index >= 15 is 0 Å². The molecule has 0 saturated carbocycles. The quantitative estimate of drug-likeness (QED) is 0.887. The Balaban J connectivity index is 1.49. The van der Waals surface area contributed by atoms with Crippen LogP contribution in [-0.4, -0.2) is 50.6 Å².